The fourth-order valence-electron chi connectivity index (χ4n) is 2.62. The third-order valence-electron chi connectivity index (χ3n) is 3.89. The molecule has 0 atom stereocenters. The number of carbonyl (C=O) groups excluding carboxylic acids is 1. The van der Waals surface area contributed by atoms with Crippen LogP contribution < -0.4 is 0 Å². The van der Waals surface area contributed by atoms with E-state index in [-0.39, 0.29) is 5.91 Å². The molecule has 1 aromatic carbocycles. The van der Waals surface area contributed by atoms with E-state index >= 15 is 0 Å². The Balaban J connectivity index is 2.43. The van der Waals surface area contributed by atoms with Gasteiger partial charge in [-0.25, -0.2) is 0 Å². The predicted molar refractivity (Wildman–Crippen MR) is 91.0 cm³/mol. The first-order chi connectivity index (χ1) is 10.6. The number of pyridine rings is 1. The summed E-state index contributed by atoms with van der Waals surface area (Å²) in [5, 5.41) is 0. The number of hydrogen-bond acceptors (Lipinski definition) is 2. The summed E-state index contributed by atoms with van der Waals surface area (Å²) < 4.78 is 0. The summed E-state index contributed by atoms with van der Waals surface area (Å²) in [6.07, 6.45) is 1.81. The Hall–Kier alpha value is -2.16. The first kappa shape index (κ1) is 16.2. The molecule has 1 amide bonds. The molecule has 0 aliphatic rings. The fourth-order valence-corrected chi connectivity index (χ4v) is 2.62. The van der Waals surface area contributed by atoms with Gasteiger partial charge in [-0.1, -0.05) is 32.0 Å². The highest BCUT2D eigenvalue weighted by atomic mass is 16.2. The summed E-state index contributed by atoms with van der Waals surface area (Å²) in [6, 6.07) is 11.9. The maximum Gasteiger partial charge on any atom is 0.253 e. The second kappa shape index (κ2) is 7.21. The first-order valence-electron chi connectivity index (χ1n) is 7.93. The van der Waals surface area contributed by atoms with Gasteiger partial charge in [0, 0.05) is 30.4 Å². The molecule has 3 heteroatoms. The highest BCUT2D eigenvalue weighted by Gasteiger charge is 2.15. The number of hydrogen-bond donors (Lipinski definition) is 0. The van der Waals surface area contributed by atoms with Crippen molar-refractivity contribution in [2.75, 3.05) is 13.1 Å². The zero-order valence-electron chi connectivity index (χ0n) is 13.8. The van der Waals surface area contributed by atoms with Crippen LogP contribution in [0.15, 0.2) is 42.6 Å². The van der Waals surface area contributed by atoms with Gasteiger partial charge in [0.15, 0.2) is 0 Å². The lowest BCUT2D eigenvalue weighted by Gasteiger charge is -2.19. The second-order valence-electron chi connectivity index (χ2n) is 5.65. The van der Waals surface area contributed by atoms with E-state index in [9.17, 15) is 4.79 Å². The van der Waals surface area contributed by atoms with Crippen LogP contribution >= 0.6 is 0 Å². The maximum atomic E-state index is 12.5. The van der Waals surface area contributed by atoms with Gasteiger partial charge >= 0.3 is 0 Å². The SMILES string of the molecule is CCN(CC)C(=O)c1cccc(-c2ncccc2C(C)C)c1. The third kappa shape index (κ3) is 3.35. The molecular formula is C19H24N2O. The minimum Gasteiger partial charge on any atom is -0.339 e. The summed E-state index contributed by atoms with van der Waals surface area (Å²) in [5.41, 5.74) is 3.89. The van der Waals surface area contributed by atoms with Crippen molar-refractivity contribution in [1.29, 1.82) is 0 Å². The van der Waals surface area contributed by atoms with E-state index in [2.05, 4.69) is 24.9 Å². The van der Waals surface area contributed by atoms with Gasteiger partial charge in [0.25, 0.3) is 5.91 Å². The highest BCUT2D eigenvalue weighted by molar-refractivity contribution is 5.95. The topological polar surface area (TPSA) is 33.2 Å². The van der Waals surface area contributed by atoms with E-state index in [0.29, 0.717) is 5.92 Å². The van der Waals surface area contributed by atoms with Gasteiger partial charge in [0.05, 0.1) is 5.69 Å². The van der Waals surface area contributed by atoms with Crippen LogP contribution in [0.3, 0.4) is 0 Å². The van der Waals surface area contributed by atoms with Gasteiger partial charge in [-0.3, -0.25) is 9.78 Å². The smallest absolute Gasteiger partial charge is 0.253 e. The summed E-state index contributed by atoms with van der Waals surface area (Å²) >= 11 is 0. The maximum absolute atomic E-state index is 12.5. The number of benzene rings is 1. The van der Waals surface area contributed by atoms with Crippen molar-refractivity contribution < 1.29 is 4.79 Å². The zero-order chi connectivity index (χ0) is 16.1. The standard InChI is InChI=1S/C19H24N2O/c1-5-21(6-2)19(22)16-10-7-9-15(13-16)18-17(14(3)4)11-8-12-20-18/h7-14H,5-6H2,1-4H3. The Bertz CT molecular complexity index is 645. The number of nitrogens with zero attached hydrogens (tertiary/aromatic N) is 2. The van der Waals surface area contributed by atoms with Crippen LogP contribution in [-0.4, -0.2) is 28.9 Å². The van der Waals surface area contributed by atoms with Crippen LogP contribution in [0.1, 0.15) is 49.5 Å². The minimum atomic E-state index is 0.0777. The molecule has 0 aliphatic carbocycles. The van der Waals surface area contributed by atoms with Crippen molar-refractivity contribution >= 4 is 5.91 Å². The molecule has 2 aromatic rings. The van der Waals surface area contributed by atoms with Crippen LogP contribution in [0, 0.1) is 0 Å². The normalized spacial score (nSPS) is 10.8. The quantitative estimate of drug-likeness (QED) is 0.821. The number of amides is 1. The molecule has 0 saturated heterocycles. The Labute approximate surface area is 133 Å². The molecule has 0 N–H and O–H groups in total. The molecule has 1 aromatic heterocycles. The number of carbonyl (C=O) groups is 1. The van der Waals surface area contributed by atoms with Crippen molar-refractivity contribution in [3.63, 3.8) is 0 Å². The van der Waals surface area contributed by atoms with Gasteiger partial charge in [-0.2, -0.15) is 0 Å². The molecule has 3 nitrogen and oxygen atoms in total. The van der Waals surface area contributed by atoms with Crippen molar-refractivity contribution in [2.24, 2.45) is 0 Å². The average molecular weight is 296 g/mol. The van der Waals surface area contributed by atoms with Crippen molar-refractivity contribution in [3.8, 4) is 11.3 Å². The summed E-state index contributed by atoms with van der Waals surface area (Å²) in [6.45, 7) is 9.76. The number of rotatable bonds is 5. The van der Waals surface area contributed by atoms with Crippen LogP contribution in [0.2, 0.25) is 0 Å². The van der Waals surface area contributed by atoms with E-state index in [1.54, 1.807) is 6.20 Å². The van der Waals surface area contributed by atoms with E-state index in [0.717, 1.165) is 29.9 Å². The molecule has 0 bridgehead atoms. The zero-order valence-corrected chi connectivity index (χ0v) is 13.8. The van der Waals surface area contributed by atoms with Crippen molar-refractivity contribution in [1.82, 2.24) is 9.88 Å². The number of aromatic nitrogens is 1. The Morgan fingerprint density at radius 2 is 1.86 bits per heavy atom. The van der Waals surface area contributed by atoms with Crippen LogP contribution in [0.5, 0.6) is 0 Å². The lowest BCUT2D eigenvalue weighted by atomic mass is 9.96. The summed E-state index contributed by atoms with van der Waals surface area (Å²) in [4.78, 5) is 18.9. The Kier molecular flexibility index (Phi) is 5.31. The van der Waals surface area contributed by atoms with E-state index in [1.807, 2.05) is 49.1 Å². The molecule has 0 aliphatic heterocycles. The largest absolute Gasteiger partial charge is 0.339 e. The van der Waals surface area contributed by atoms with E-state index in [1.165, 1.54) is 5.56 Å². The van der Waals surface area contributed by atoms with Gasteiger partial charge in [0.2, 0.25) is 0 Å². The van der Waals surface area contributed by atoms with Gasteiger partial charge < -0.3 is 4.90 Å². The molecule has 0 unspecified atom stereocenters. The van der Waals surface area contributed by atoms with E-state index < -0.39 is 0 Å². The molecule has 0 saturated carbocycles. The monoisotopic (exact) mass is 296 g/mol. The van der Waals surface area contributed by atoms with Gasteiger partial charge in [-0.05, 0) is 43.5 Å². The summed E-state index contributed by atoms with van der Waals surface area (Å²) in [5.74, 6) is 0.472. The molecule has 0 spiro atoms. The van der Waals surface area contributed by atoms with Crippen LogP contribution in [-0.2, 0) is 0 Å². The Morgan fingerprint density at radius 1 is 1.14 bits per heavy atom. The molecule has 116 valence electrons. The minimum absolute atomic E-state index is 0.0777. The molecule has 22 heavy (non-hydrogen) atoms. The van der Waals surface area contributed by atoms with E-state index in [4.69, 9.17) is 0 Å². The van der Waals surface area contributed by atoms with Crippen molar-refractivity contribution in [2.45, 2.75) is 33.6 Å². The molecule has 2 rings (SSSR count). The molecule has 0 radical (unpaired) electrons. The molecular weight excluding hydrogens is 272 g/mol. The van der Waals surface area contributed by atoms with Crippen LogP contribution in [0.25, 0.3) is 11.3 Å². The average Bonchev–Trinajstić information content (AvgIpc) is 2.56. The van der Waals surface area contributed by atoms with Gasteiger partial charge in [-0.15, -0.1) is 0 Å². The predicted octanol–water partition coefficient (Wildman–Crippen LogP) is 4.35. The summed E-state index contributed by atoms with van der Waals surface area (Å²) in [7, 11) is 0. The lowest BCUT2D eigenvalue weighted by Crippen LogP contribution is -2.30. The first-order valence-corrected chi connectivity index (χ1v) is 7.93. The van der Waals surface area contributed by atoms with Crippen molar-refractivity contribution in [3.05, 3.63) is 53.7 Å². The fraction of sp³-hybridized carbons (Fsp3) is 0.368. The molecule has 1 heterocycles. The molecule has 0 fully saturated rings. The second-order valence-corrected chi connectivity index (χ2v) is 5.65. The van der Waals surface area contributed by atoms with Crippen LogP contribution in [0.4, 0.5) is 0 Å². The lowest BCUT2D eigenvalue weighted by molar-refractivity contribution is 0.0773. The van der Waals surface area contributed by atoms with Gasteiger partial charge in [0.1, 0.15) is 0 Å². The Morgan fingerprint density at radius 3 is 2.50 bits per heavy atom. The highest BCUT2D eigenvalue weighted by Crippen LogP contribution is 2.27. The third-order valence-corrected chi connectivity index (χ3v) is 3.89.